The van der Waals surface area contributed by atoms with E-state index in [1.165, 1.54) is 12.1 Å². The second-order valence-corrected chi connectivity index (χ2v) is 6.24. The maximum Gasteiger partial charge on any atom is 0.148 e. The van der Waals surface area contributed by atoms with Crippen molar-refractivity contribution in [1.82, 2.24) is 4.98 Å². The van der Waals surface area contributed by atoms with Gasteiger partial charge in [-0.05, 0) is 29.5 Å². The van der Waals surface area contributed by atoms with Gasteiger partial charge in [0.1, 0.15) is 11.6 Å². The molecule has 0 spiro atoms. The van der Waals surface area contributed by atoms with Gasteiger partial charge in [-0.2, -0.15) is 0 Å². The second-order valence-electron chi connectivity index (χ2n) is 6.24. The molecule has 1 aromatic carbocycles. The molecule has 0 aliphatic heterocycles. The van der Waals surface area contributed by atoms with Crippen molar-refractivity contribution in [3.8, 4) is 16.9 Å². The van der Waals surface area contributed by atoms with Gasteiger partial charge in [-0.15, -0.1) is 0 Å². The molecule has 0 atom stereocenters. The summed E-state index contributed by atoms with van der Waals surface area (Å²) < 4.78 is 18.9. The lowest BCUT2D eigenvalue weighted by Gasteiger charge is -2.23. The molecule has 124 valence electrons. The minimum atomic E-state index is -0.291. The first-order valence-electron chi connectivity index (χ1n) is 7.88. The molecule has 2 rings (SSSR count). The maximum atomic E-state index is 13.3. The lowest BCUT2D eigenvalue weighted by molar-refractivity contribution is 0.279. The Morgan fingerprint density at radius 3 is 2.04 bits per heavy atom. The highest BCUT2D eigenvalue weighted by molar-refractivity contribution is 5.76. The number of rotatable bonds is 5. The van der Waals surface area contributed by atoms with E-state index in [0.717, 1.165) is 28.1 Å². The molecule has 0 saturated heterocycles. The van der Waals surface area contributed by atoms with Gasteiger partial charge in [-0.25, -0.2) is 4.39 Å². The average Bonchev–Trinajstić information content (AvgIpc) is 2.53. The topological polar surface area (TPSA) is 42.4 Å². The summed E-state index contributed by atoms with van der Waals surface area (Å²) in [6.07, 6.45) is 0. The van der Waals surface area contributed by atoms with E-state index < -0.39 is 0 Å². The average molecular weight is 317 g/mol. The number of aliphatic hydroxyl groups excluding tert-OH is 1. The molecule has 3 nitrogen and oxygen atoms in total. The molecule has 4 heteroatoms. The summed E-state index contributed by atoms with van der Waals surface area (Å²) in [6, 6.07) is 6.25. The molecule has 0 fully saturated rings. The van der Waals surface area contributed by atoms with Gasteiger partial charge in [-0.1, -0.05) is 39.8 Å². The molecule has 1 N–H and O–H groups in total. The largest absolute Gasteiger partial charge is 0.494 e. The van der Waals surface area contributed by atoms with Gasteiger partial charge >= 0.3 is 0 Å². The number of pyridine rings is 1. The van der Waals surface area contributed by atoms with Crippen LogP contribution in [0.25, 0.3) is 11.1 Å². The van der Waals surface area contributed by atoms with Gasteiger partial charge < -0.3 is 9.84 Å². The highest BCUT2D eigenvalue weighted by Crippen LogP contribution is 2.41. The van der Waals surface area contributed by atoms with Crippen LogP contribution < -0.4 is 4.74 Å². The maximum absolute atomic E-state index is 13.3. The van der Waals surface area contributed by atoms with Crippen LogP contribution in [0.4, 0.5) is 4.39 Å². The number of hydrogen-bond acceptors (Lipinski definition) is 3. The van der Waals surface area contributed by atoms with E-state index in [1.807, 2.05) is 13.8 Å². The molecular formula is C19H24FNO2. The number of halogens is 1. The standard InChI is InChI=1S/C19H24FNO2/c1-11(2)17-15(10-22)16(13-6-8-14(20)9-7-13)19(23-5)18(21-17)12(3)4/h6-9,11-12,22H,10H2,1-5H3. The second kappa shape index (κ2) is 7.09. The third-order valence-corrected chi connectivity index (χ3v) is 3.90. The Kier molecular flexibility index (Phi) is 5.37. The molecular weight excluding hydrogens is 293 g/mol. The lowest BCUT2D eigenvalue weighted by atomic mass is 9.91. The Labute approximate surface area is 137 Å². The Bertz CT molecular complexity index is 645. The zero-order valence-electron chi connectivity index (χ0n) is 14.4. The molecule has 0 bridgehead atoms. The van der Waals surface area contributed by atoms with E-state index in [1.54, 1.807) is 19.2 Å². The van der Waals surface area contributed by atoms with Crippen molar-refractivity contribution < 1.29 is 14.2 Å². The number of aliphatic hydroxyl groups is 1. The first kappa shape index (κ1) is 17.4. The van der Waals surface area contributed by atoms with Crippen LogP contribution in [0.1, 0.15) is 56.5 Å². The van der Waals surface area contributed by atoms with E-state index in [9.17, 15) is 9.50 Å². The highest BCUT2D eigenvalue weighted by atomic mass is 19.1. The Hall–Kier alpha value is -1.94. The fraction of sp³-hybridized carbons (Fsp3) is 0.421. The number of aromatic nitrogens is 1. The number of nitrogens with zero attached hydrogens (tertiary/aromatic N) is 1. The van der Waals surface area contributed by atoms with Gasteiger partial charge in [0.05, 0.1) is 19.4 Å². The van der Waals surface area contributed by atoms with Crippen molar-refractivity contribution in [3.63, 3.8) is 0 Å². The summed E-state index contributed by atoms with van der Waals surface area (Å²) in [5, 5.41) is 9.94. The predicted molar refractivity (Wildman–Crippen MR) is 90.3 cm³/mol. The van der Waals surface area contributed by atoms with E-state index in [4.69, 9.17) is 9.72 Å². The van der Waals surface area contributed by atoms with Crippen LogP contribution in [0, 0.1) is 5.82 Å². The van der Waals surface area contributed by atoms with E-state index in [0.29, 0.717) is 5.75 Å². The van der Waals surface area contributed by atoms with Crippen LogP contribution in [0.15, 0.2) is 24.3 Å². The predicted octanol–water partition coefficient (Wildman–Crippen LogP) is 4.64. The first-order chi connectivity index (χ1) is 10.9. The highest BCUT2D eigenvalue weighted by Gasteiger charge is 2.24. The molecule has 0 unspecified atom stereocenters. The van der Waals surface area contributed by atoms with Crippen LogP contribution in [0.3, 0.4) is 0 Å². The molecule has 0 radical (unpaired) electrons. The summed E-state index contributed by atoms with van der Waals surface area (Å²) >= 11 is 0. The quantitative estimate of drug-likeness (QED) is 0.874. The van der Waals surface area contributed by atoms with Gasteiger partial charge in [0.25, 0.3) is 0 Å². The van der Waals surface area contributed by atoms with Crippen LogP contribution in [0.2, 0.25) is 0 Å². The van der Waals surface area contributed by atoms with Crippen molar-refractivity contribution in [2.24, 2.45) is 0 Å². The van der Waals surface area contributed by atoms with Gasteiger partial charge in [0.2, 0.25) is 0 Å². The van der Waals surface area contributed by atoms with E-state index >= 15 is 0 Å². The van der Waals surface area contributed by atoms with Crippen molar-refractivity contribution in [2.45, 2.75) is 46.1 Å². The molecule has 2 aromatic rings. The van der Waals surface area contributed by atoms with Gasteiger partial charge in [0, 0.05) is 16.8 Å². The molecule has 1 heterocycles. The minimum absolute atomic E-state index is 0.137. The summed E-state index contributed by atoms with van der Waals surface area (Å²) in [5.74, 6) is 0.703. The molecule has 0 aliphatic carbocycles. The van der Waals surface area contributed by atoms with Gasteiger partial charge in [-0.3, -0.25) is 4.98 Å². The van der Waals surface area contributed by atoms with Gasteiger partial charge in [0.15, 0.2) is 0 Å². The number of hydrogen-bond donors (Lipinski definition) is 1. The fourth-order valence-electron chi connectivity index (χ4n) is 2.80. The Balaban J connectivity index is 2.86. The van der Waals surface area contributed by atoms with Crippen molar-refractivity contribution >= 4 is 0 Å². The molecule has 23 heavy (non-hydrogen) atoms. The van der Waals surface area contributed by atoms with Crippen molar-refractivity contribution in [2.75, 3.05) is 7.11 Å². The third-order valence-electron chi connectivity index (χ3n) is 3.90. The Morgan fingerprint density at radius 1 is 1.04 bits per heavy atom. The number of methoxy groups -OCH3 is 1. The zero-order valence-corrected chi connectivity index (χ0v) is 14.4. The summed E-state index contributed by atoms with van der Waals surface area (Å²) in [6.45, 7) is 8.07. The SMILES string of the molecule is COc1c(C(C)C)nc(C(C)C)c(CO)c1-c1ccc(F)cc1. The van der Waals surface area contributed by atoms with Crippen molar-refractivity contribution in [3.05, 3.63) is 47.0 Å². The first-order valence-corrected chi connectivity index (χ1v) is 7.88. The summed E-state index contributed by atoms with van der Waals surface area (Å²) in [7, 11) is 1.60. The van der Waals surface area contributed by atoms with Crippen LogP contribution in [0.5, 0.6) is 5.75 Å². The molecule has 0 aliphatic rings. The minimum Gasteiger partial charge on any atom is -0.494 e. The van der Waals surface area contributed by atoms with E-state index in [-0.39, 0.29) is 24.3 Å². The van der Waals surface area contributed by atoms with Crippen molar-refractivity contribution in [1.29, 1.82) is 0 Å². The normalized spacial score (nSPS) is 11.3. The number of benzene rings is 1. The van der Waals surface area contributed by atoms with Crippen LogP contribution >= 0.6 is 0 Å². The van der Waals surface area contributed by atoms with Crippen LogP contribution in [-0.2, 0) is 6.61 Å². The van der Waals surface area contributed by atoms with E-state index in [2.05, 4.69) is 13.8 Å². The summed E-state index contributed by atoms with van der Waals surface area (Å²) in [5.41, 5.74) is 4.08. The van der Waals surface area contributed by atoms with Crippen LogP contribution in [-0.4, -0.2) is 17.2 Å². The number of ether oxygens (including phenoxy) is 1. The third kappa shape index (κ3) is 3.37. The zero-order chi connectivity index (χ0) is 17.1. The molecule has 0 saturated carbocycles. The summed E-state index contributed by atoms with van der Waals surface area (Å²) in [4.78, 5) is 4.76. The monoisotopic (exact) mass is 317 g/mol. The molecule has 1 aromatic heterocycles. The Morgan fingerprint density at radius 2 is 1.61 bits per heavy atom. The lowest BCUT2D eigenvalue weighted by Crippen LogP contribution is -2.10. The molecule has 0 amide bonds. The smallest absolute Gasteiger partial charge is 0.148 e. The fourth-order valence-corrected chi connectivity index (χ4v) is 2.80.